The second kappa shape index (κ2) is 11.5. The number of aryl methyl sites for hydroxylation is 2. The molecule has 0 unspecified atom stereocenters. The van der Waals surface area contributed by atoms with E-state index in [2.05, 4.69) is 79.3 Å². The van der Waals surface area contributed by atoms with Crippen molar-refractivity contribution in [2.24, 2.45) is 0 Å². The zero-order valence-electron chi connectivity index (χ0n) is 23.0. The Labute approximate surface area is 231 Å². The first-order valence-corrected chi connectivity index (χ1v) is 13.4. The SMILES string of the molecule is CCc1ccc(Oc2ccc(C(C)(C)c3ccc(Oc4ccc(Cc5cncc(C)n5)cc4)cc3)cc2)cc1. The standard InChI is InChI=1S/C35H34N2O2/c1-5-26-6-14-31(15-7-26)38-33-18-10-28(11-19-33)35(3,4)29-12-20-34(21-13-29)39-32-16-8-27(9-17-32)22-30-24-36-23-25(2)37-30/h6-21,23-24H,5,22H2,1-4H3. The molecule has 196 valence electrons. The first-order chi connectivity index (χ1) is 18.9. The summed E-state index contributed by atoms with van der Waals surface area (Å²) in [5.41, 5.74) is 6.64. The molecule has 0 radical (unpaired) electrons. The minimum Gasteiger partial charge on any atom is -0.457 e. The molecule has 0 fully saturated rings. The first-order valence-electron chi connectivity index (χ1n) is 13.4. The van der Waals surface area contributed by atoms with Gasteiger partial charge in [0.1, 0.15) is 23.0 Å². The Morgan fingerprint density at radius 1 is 0.590 bits per heavy atom. The predicted molar refractivity (Wildman–Crippen MR) is 157 cm³/mol. The third-order valence-electron chi connectivity index (χ3n) is 7.07. The maximum Gasteiger partial charge on any atom is 0.127 e. The third-order valence-corrected chi connectivity index (χ3v) is 7.07. The van der Waals surface area contributed by atoms with Gasteiger partial charge in [0, 0.05) is 24.2 Å². The number of rotatable bonds is 9. The topological polar surface area (TPSA) is 44.2 Å². The second-order valence-corrected chi connectivity index (χ2v) is 10.3. The van der Waals surface area contributed by atoms with E-state index in [-0.39, 0.29) is 5.41 Å². The van der Waals surface area contributed by atoms with Gasteiger partial charge in [-0.25, -0.2) is 0 Å². The average molecular weight is 515 g/mol. The van der Waals surface area contributed by atoms with Gasteiger partial charge in [0.15, 0.2) is 0 Å². The van der Waals surface area contributed by atoms with Crippen molar-refractivity contribution in [3.63, 3.8) is 0 Å². The quantitative estimate of drug-likeness (QED) is 0.197. The van der Waals surface area contributed by atoms with Crippen LogP contribution in [0, 0.1) is 6.92 Å². The molecule has 0 spiro atoms. The molecule has 0 saturated heterocycles. The summed E-state index contributed by atoms with van der Waals surface area (Å²) < 4.78 is 12.2. The van der Waals surface area contributed by atoms with E-state index in [1.807, 2.05) is 61.7 Å². The molecule has 4 nitrogen and oxygen atoms in total. The van der Waals surface area contributed by atoms with Crippen molar-refractivity contribution in [1.82, 2.24) is 9.97 Å². The van der Waals surface area contributed by atoms with Crippen molar-refractivity contribution in [2.75, 3.05) is 0 Å². The van der Waals surface area contributed by atoms with Crippen LogP contribution in [0.4, 0.5) is 0 Å². The molecule has 0 aliphatic heterocycles. The Morgan fingerprint density at radius 3 is 1.46 bits per heavy atom. The molecule has 4 aromatic carbocycles. The van der Waals surface area contributed by atoms with Gasteiger partial charge in [-0.3, -0.25) is 9.97 Å². The van der Waals surface area contributed by atoms with Crippen LogP contribution >= 0.6 is 0 Å². The van der Waals surface area contributed by atoms with Crippen LogP contribution in [-0.2, 0) is 18.3 Å². The van der Waals surface area contributed by atoms with Crippen LogP contribution in [0.2, 0.25) is 0 Å². The molecule has 5 aromatic rings. The van der Waals surface area contributed by atoms with Crippen molar-refractivity contribution in [1.29, 1.82) is 0 Å². The average Bonchev–Trinajstić information content (AvgIpc) is 2.95. The van der Waals surface area contributed by atoms with Crippen molar-refractivity contribution in [2.45, 2.75) is 46.0 Å². The third kappa shape index (κ3) is 6.53. The second-order valence-electron chi connectivity index (χ2n) is 10.3. The maximum absolute atomic E-state index is 6.12. The van der Waals surface area contributed by atoms with Gasteiger partial charge in [-0.1, -0.05) is 69.3 Å². The van der Waals surface area contributed by atoms with Crippen LogP contribution in [-0.4, -0.2) is 9.97 Å². The van der Waals surface area contributed by atoms with E-state index in [9.17, 15) is 0 Å². The molecule has 1 heterocycles. The van der Waals surface area contributed by atoms with Crippen molar-refractivity contribution in [3.05, 3.63) is 143 Å². The highest BCUT2D eigenvalue weighted by atomic mass is 16.5. The molecule has 39 heavy (non-hydrogen) atoms. The number of hydrogen-bond acceptors (Lipinski definition) is 4. The summed E-state index contributed by atoms with van der Waals surface area (Å²) in [4.78, 5) is 8.76. The van der Waals surface area contributed by atoms with E-state index in [0.29, 0.717) is 0 Å². The number of nitrogens with zero attached hydrogens (tertiary/aromatic N) is 2. The highest BCUT2D eigenvalue weighted by Crippen LogP contribution is 2.34. The summed E-state index contributed by atoms with van der Waals surface area (Å²) in [6.07, 6.45) is 5.36. The number of hydrogen-bond donors (Lipinski definition) is 0. The van der Waals surface area contributed by atoms with Gasteiger partial charge in [0.2, 0.25) is 0 Å². The fourth-order valence-corrected chi connectivity index (χ4v) is 4.60. The van der Waals surface area contributed by atoms with Crippen LogP contribution in [0.1, 0.15) is 54.4 Å². The molecular formula is C35H34N2O2. The zero-order chi connectivity index (χ0) is 27.2. The molecule has 0 bridgehead atoms. The lowest BCUT2D eigenvalue weighted by atomic mass is 9.78. The highest BCUT2D eigenvalue weighted by molar-refractivity contribution is 5.44. The molecule has 4 heteroatoms. The van der Waals surface area contributed by atoms with E-state index in [1.165, 1.54) is 22.3 Å². The largest absolute Gasteiger partial charge is 0.457 e. The lowest BCUT2D eigenvalue weighted by Gasteiger charge is -2.26. The fraction of sp³-hybridized carbons (Fsp3) is 0.200. The van der Waals surface area contributed by atoms with Gasteiger partial charge >= 0.3 is 0 Å². The maximum atomic E-state index is 6.12. The van der Waals surface area contributed by atoms with Gasteiger partial charge in [-0.15, -0.1) is 0 Å². The Hall–Kier alpha value is -4.44. The Balaban J connectivity index is 1.21. The van der Waals surface area contributed by atoms with Gasteiger partial charge in [0.25, 0.3) is 0 Å². The van der Waals surface area contributed by atoms with Crippen molar-refractivity contribution in [3.8, 4) is 23.0 Å². The van der Waals surface area contributed by atoms with E-state index in [0.717, 1.165) is 47.2 Å². The predicted octanol–water partition coefficient (Wildman–Crippen LogP) is 8.85. The Morgan fingerprint density at radius 2 is 1.03 bits per heavy atom. The van der Waals surface area contributed by atoms with E-state index in [1.54, 1.807) is 6.20 Å². The summed E-state index contributed by atoms with van der Waals surface area (Å²) in [6, 6.07) is 33.1. The highest BCUT2D eigenvalue weighted by Gasteiger charge is 2.23. The molecule has 5 rings (SSSR count). The van der Waals surface area contributed by atoms with Crippen molar-refractivity contribution >= 4 is 0 Å². The lowest BCUT2D eigenvalue weighted by molar-refractivity contribution is 0.481. The Bertz CT molecular complexity index is 1510. The summed E-state index contributed by atoms with van der Waals surface area (Å²) in [5, 5.41) is 0. The fourth-order valence-electron chi connectivity index (χ4n) is 4.60. The summed E-state index contributed by atoms with van der Waals surface area (Å²) >= 11 is 0. The number of benzene rings is 4. The normalized spacial score (nSPS) is 11.3. The molecular weight excluding hydrogens is 480 g/mol. The molecule has 0 aliphatic rings. The molecule has 0 aliphatic carbocycles. The van der Waals surface area contributed by atoms with E-state index in [4.69, 9.17) is 9.47 Å². The van der Waals surface area contributed by atoms with E-state index < -0.39 is 0 Å². The van der Waals surface area contributed by atoms with Gasteiger partial charge in [-0.05, 0) is 84.1 Å². The van der Waals surface area contributed by atoms with Gasteiger partial charge in [0.05, 0.1) is 11.4 Å². The smallest absolute Gasteiger partial charge is 0.127 e. The Kier molecular flexibility index (Phi) is 7.74. The summed E-state index contributed by atoms with van der Waals surface area (Å²) in [7, 11) is 0. The number of ether oxygens (including phenoxy) is 2. The van der Waals surface area contributed by atoms with Gasteiger partial charge < -0.3 is 9.47 Å². The minimum atomic E-state index is -0.167. The molecule has 1 aromatic heterocycles. The van der Waals surface area contributed by atoms with Crippen LogP contribution in [0.25, 0.3) is 0 Å². The van der Waals surface area contributed by atoms with E-state index >= 15 is 0 Å². The minimum absolute atomic E-state index is 0.167. The monoisotopic (exact) mass is 514 g/mol. The van der Waals surface area contributed by atoms with Crippen LogP contribution in [0.5, 0.6) is 23.0 Å². The van der Waals surface area contributed by atoms with Crippen LogP contribution < -0.4 is 9.47 Å². The van der Waals surface area contributed by atoms with Crippen LogP contribution in [0.3, 0.4) is 0 Å². The first kappa shape index (κ1) is 26.2. The van der Waals surface area contributed by atoms with Gasteiger partial charge in [-0.2, -0.15) is 0 Å². The zero-order valence-corrected chi connectivity index (χ0v) is 23.0. The lowest BCUT2D eigenvalue weighted by Crippen LogP contribution is -2.18. The summed E-state index contributed by atoms with van der Waals surface area (Å²) in [5.74, 6) is 3.30. The van der Waals surface area contributed by atoms with Crippen LogP contribution in [0.15, 0.2) is 109 Å². The van der Waals surface area contributed by atoms with Crippen molar-refractivity contribution < 1.29 is 9.47 Å². The molecule has 0 amide bonds. The summed E-state index contributed by atoms with van der Waals surface area (Å²) in [6.45, 7) is 8.58. The molecule has 0 N–H and O–H groups in total. The molecule has 0 saturated carbocycles. The molecule has 0 atom stereocenters. The number of aromatic nitrogens is 2.